The van der Waals surface area contributed by atoms with E-state index in [1.165, 1.54) is 0 Å². The van der Waals surface area contributed by atoms with Crippen LogP contribution in [0.2, 0.25) is 0 Å². The van der Waals surface area contributed by atoms with Gasteiger partial charge in [0.2, 0.25) is 5.82 Å². The molecule has 0 aliphatic carbocycles. The fourth-order valence-corrected chi connectivity index (χ4v) is 1.24. The number of nitrogens with zero attached hydrogens (tertiary/aromatic N) is 4. The summed E-state index contributed by atoms with van der Waals surface area (Å²) in [5, 5.41) is 11.0. The second kappa shape index (κ2) is 4.34. The van der Waals surface area contributed by atoms with Crippen molar-refractivity contribution in [1.29, 1.82) is 0 Å². The zero-order valence-electron chi connectivity index (χ0n) is 9.64. The van der Waals surface area contributed by atoms with Crippen molar-refractivity contribution < 1.29 is 4.52 Å². The molecule has 0 atom stereocenters. The van der Waals surface area contributed by atoms with Gasteiger partial charge < -0.3 is 9.84 Å². The average Bonchev–Trinajstić information content (AvgIpc) is 2.83. The Hall–Kier alpha value is -1.85. The van der Waals surface area contributed by atoms with Gasteiger partial charge in [0.25, 0.3) is 0 Å². The summed E-state index contributed by atoms with van der Waals surface area (Å²) in [6, 6.07) is 0.451. The molecule has 0 unspecified atom stereocenters. The average molecular weight is 221 g/mol. The predicted molar refractivity (Wildman–Crippen MR) is 59.8 cm³/mol. The van der Waals surface area contributed by atoms with E-state index in [1.807, 2.05) is 13.2 Å². The molecule has 6 heteroatoms. The topological polar surface area (TPSA) is 68.8 Å². The molecule has 0 amide bonds. The minimum Gasteiger partial charge on any atom is -0.337 e. The van der Waals surface area contributed by atoms with Crippen LogP contribution in [-0.2, 0) is 7.05 Å². The fourth-order valence-electron chi connectivity index (χ4n) is 1.24. The number of aromatic nitrogens is 4. The Bertz CT molecular complexity index is 459. The summed E-state index contributed by atoms with van der Waals surface area (Å²) in [6.07, 6.45) is 3.55. The normalized spacial score (nSPS) is 11.0. The number of hydrogen-bond donors (Lipinski definition) is 1. The molecule has 0 fully saturated rings. The lowest BCUT2D eigenvalue weighted by molar-refractivity contribution is 0.429. The van der Waals surface area contributed by atoms with Crippen molar-refractivity contribution >= 4 is 6.01 Å². The molecule has 0 aromatic carbocycles. The summed E-state index contributed by atoms with van der Waals surface area (Å²) in [7, 11) is 1.85. The third-order valence-electron chi connectivity index (χ3n) is 2.05. The number of nitrogens with one attached hydrogen (secondary N) is 1. The number of aryl methyl sites for hydroxylation is 1. The number of rotatable bonds is 4. The SMILES string of the molecule is CC(C)CNc1nc(-c2cnn(C)c2)no1. The first kappa shape index (κ1) is 10.7. The maximum atomic E-state index is 5.07. The minimum atomic E-state index is 0.451. The van der Waals surface area contributed by atoms with Crippen molar-refractivity contribution in [1.82, 2.24) is 19.9 Å². The molecule has 2 heterocycles. The first-order valence-corrected chi connectivity index (χ1v) is 5.21. The molecule has 16 heavy (non-hydrogen) atoms. The first-order valence-electron chi connectivity index (χ1n) is 5.21. The third kappa shape index (κ3) is 2.39. The van der Waals surface area contributed by atoms with Crippen LogP contribution in [0.5, 0.6) is 0 Å². The summed E-state index contributed by atoms with van der Waals surface area (Å²) in [5.41, 5.74) is 0.851. The van der Waals surface area contributed by atoms with Crippen LogP contribution in [0.1, 0.15) is 13.8 Å². The lowest BCUT2D eigenvalue weighted by Gasteiger charge is -2.02. The summed E-state index contributed by atoms with van der Waals surface area (Å²) < 4.78 is 6.77. The standard InChI is InChI=1S/C10H15N5O/c1-7(2)4-11-10-13-9(14-16-10)8-5-12-15(3)6-8/h5-7H,4H2,1-3H3,(H,11,13,14). The largest absolute Gasteiger partial charge is 0.337 e. The molecule has 0 aliphatic rings. The predicted octanol–water partition coefficient (Wildman–Crippen LogP) is 1.54. The molecule has 0 radical (unpaired) electrons. The molecule has 0 spiro atoms. The van der Waals surface area contributed by atoms with Gasteiger partial charge in [-0.3, -0.25) is 4.68 Å². The Morgan fingerprint density at radius 2 is 2.31 bits per heavy atom. The third-order valence-corrected chi connectivity index (χ3v) is 2.05. The maximum Gasteiger partial charge on any atom is 0.321 e. The highest BCUT2D eigenvalue weighted by atomic mass is 16.5. The van der Waals surface area contributed by atoms with Crippen molar-refractivity contribution in [2.24, 2.45) is 13.0 Å². The van der Waals surface area contributed by atoms with Gasteiger partial charge in [-0.2, -0.15) is 10.1 Å². The van der Waals surface area contributed by atoms with Crippen LogP contribution in [0.25, 0.3) is 11.4 Å². The van der Waals surface area contributed by atoms with Crippen molar-refractivity contribution in [2.45, 2.75) is 13.8 Å². The van der Waals surface area contributed by atoms with E-state index in [0.29, 0.717) is 17.8 Å². The van der Waals surface area contributed by atoms with Crippen LogP contribution in [0.15, 0.2) is 16.9 Å². The molecule has 2 rings (SSSR count). The highest BCUT2D eigenvalue weighted by molar-refractivity contribution is 5.52. The lowest BCUT2D eigenvalue weighted by atomic mass is 10.2. The quantitative estimate of drug-likeness (QED) is 0.848. The van der Waals surface area contributed by atoms with Gasteiger partial charge in [0, 0.05) is 19.8 Å². The van der Waals surface area contributed by atoms with E-state index in [-0.39, 0.29) is 0 Å². The smallest absolute Gasteiger partial charge is 0.321 e. The zero-order chi connectivity index (χ0) is 11.5. The van der Waals surface area contributed by atoms with Crippen LogP contribution in [0, 0.1) is 5.92 Å². The highest BCUT2D eigenvalue weighted by Crippen LogP contribution is 2.16. The molecular weight excluding hydrogens is 206 g/mol. The molecule has 0 aliphatic heterocycles. The summed E-state index contributed by atoms with van der Waals surface area (Å²) in [6.45, 7) is 5.05. The Kier molecular flexibility index (Phi) is 2.89. The van der Waals surface area contributed by atoms with Gasteiger partial charge in [-0.05, 0) is 5.92 Å². The van der Waals surface area contributed by atoms with E-state index in [4.69, 9.17) is 4.52 Å². The van der Waals surface area contributed by atoms with Crippen LogP contribution in [-0.4, -0.2) is 26.5 Å². The minimum absolute atomic E-state index is 0.451. The summed E-state index contributed by atoms with van der Waals surface area (Å²) >= 11 is 0. The molecule has 2 aromatic rings. The highest BCUT2D eigenvalue weighted by Gasteiger charge is 2.09. The second-order valence-electron chi connectivity index (χ2n) is 4.10. The second-order valence-corrected chi connectivity index (χ2v) is 4.10. The summed E-state index contributed by atoms with van der Waals surface area (Å²) in [5.74, 6) is 1.09. The van der Waals surface area contributed by atoms with Gasteiger partial charge in [-0.25, -0.2) is 0 Å². The molecule has 0 saturated carbocycles. The molecule has 6 nitrogen and oxygen atoms in total. The first-order chi connectivity index (χ1) is 7.65. The lowest BCUT2D eigenvalue weighted by Crippen LogP contribution is -2.07. The van der Waals surface area contributed by atoms with Crippen molar-refractivity contribution in [3.05, 3.63) is 12.4 Å². The Morgan fingerprint density at radius 1 is 1.50 bits per heavy atom. The summed E-state index contributed by atoms with van der Waals surface area (Å²) in [4.78, 5) is 4.22. The van der Waals surface area contributed by atoms with E-state index in [1.54, 1.807) is 10.9 Å². The molecule has 0 saturated heterocycles. The Morgan fingerprint density at radius 3 is 2.94 bits per heavy atom. The van der Waals surface area contributed by atoms with E-state index >= 15 is 0 Å². The maximum absolute atomic E-state index is 5.07. The van der Waals surface area contributed by atoms with Gasteiger partial charge in [0.1, 0.15) is 0 Å². The van der Waals surface area contributed by atoms with Gasteiger partial charge in [0.15, 0.2) is 0 Å². The van der Waals surface area contributed by atoms with Gasteiger partial charge in [-0.1, -0.05) is 19.0 Å². The fraction of sp³-hybridized carbons (Fsp3) is 0.500. The van der Waals surface area contributed by atoms with E-state index in [2.05, 4.69) is 34.4 Å². The monoisotopic (exact) mass is 221 g/mol. The van der Waals surface area contributed by atoms with Gasteiger partial charge in [0.05, 0.1) is 11.8 Å². The van der Waals surface area contributed by atoms with E-state index < -0.39 is 0 Å². The van der Waals surface area contributed by atoms with Crippen molar-refractivity contribution in [3.63, 3.8) is 0 Å². The Balaban J connectivity index is 2.07. The molecule has 2 aromatic heterocycles. The Labute approximate surface area is 93.7 Å². The molecular formula is C10H15N5O. The van der Waals surface area contributed by atoms with Crippen LogP contribution in [0.4, 0.5) is 6.01 Å². The van der Waals surface area contributed by atoms with Gasteiger partial charge in [-0.15, -0.1) is 0 Å². The van der Waals surface area contributed by atoms with E-state index in [9.17, 15) is 0 Å². The van der Waals surface area contributed by atoms with Crippen LogP contribution in [0.3, 0.4) is 0 Å². The number of hydrogen-bond acceptors (Lipinski definition) is 5. The molecule has 86 valence electrons. The molecule has 0 bridgehead atoms. The number of anilines is 1. The van der Waals surface area contributed by atoms with Crippen molar-refractivity contribution in [3.8, 4) is 11.4 Å². The van der Waals surface area contributed by atoms with E-state index in [0.717, 1.165) is 12.1 Å². The van der Waals surface area contributed by atoms with Crippen LogP contribution >= 0.6 is 0 Å². The molecule has 1 N–H and O–H groups in total. The van der Waals surface area contributed by atoms with Crippen LogP contribution < -0.4 is 5.32 Å². The zero-order valence-corrected chi connectivity index (χ0v) is 9.64. The van der Waals surface area contributed by atoms with Crippen molar-refractivity contribution in [2.75, 3.05) is 11.9 Å². The van der Waals surface area contributed by atoms with Gasteiger partial charge >= 0.3 is 6.01 Å².